The first-order chi connectivity index (χ1) is 15.0. The Morgan fingerprint density at radius 2 is 1.65 bits per heavy atom. The van der Waals surface area contributed by atoms with Crippen LogP contribution in [0.25, 0.3) is 6.08 Å². The first kappa shape index (κ1) is 20.8. The van der Waals surface area contributed by atoms with Crippen LogP contribution in [0.4, 0.5) is 15.8 Å². The molecule has 0 fully saturated rings. The van der Waals surface area contributed by atoms with E-state index in [2.05, 4.69) is 5.32 Å². The van der Waals surface area contributed by atoms with Crippen LogP contribution < -0.4 is 10.2 Å². The number of anilines is 2. The van der Waals surface area contributed by atoms with E-state index in [0.717, 1.165) is 17.0 Å². The van der Waals surface area contributed by atoms with Crippen molar-refractivity contribution in [3.05, 3.63) is 112 Å². The lowest BCUT2D eigenvalue weighted by Crippen LogP contribution is -2.37. The van der Waals surface area contributed by atoms with Gasteiger partial charge in [-0.05, 0) is 54.6 Å². The summed E-state index contributed by atoms with van der Waals surface area (Å²) >= 11 is 12.3. The first-order valence-corrected chi connectivity index (χ1v) is 10.0. The van der Waals surface area contributed by atoms with Crippen molar-refractivity contribution in [2.45, 2.75) is 0 Å². The lowest BCUT2D eigenvalue weighted by molar-refractivity contribution is 0.0897. The van der Waals surface area contributed by atoms with Crippen LogP contribution in [0.1, 0.15) is 26.3 Å². The quantitative estimate of drug-likeness (QED) is 0.457. The van der Waals surface area contributed by atoms with Crippen molar-refractivity contribution in [2.24, 2.45) is 0 Å². The average molecular weight is 453 g/mol. The van der Waals surface area contributed by atoms with Crippen LogP contribution >= 0.6 is 23.2 Å². The largest absolute Gasteiger partial charge is 0.361 e. The Balaban J connectivity index is 1.87. The van der Waals surface area contributed by atoms with Gasteiger partial charge in [-0.1, -0.05) is 47.5 Å². The second kappa shape index (κ2) is 8.76. The Labute approximate surface area is 188 Å². The SMILES string of the molecule is O=C(c1cc(F)ccc1Cl)N(C(=O)c1cccc2c1C=CC=CN2)c1cccc(Cl)c1. The Morgan fingerprint density at radius 3 is 2.45 bits per heavy atom. The number of halogens is 3. The number of hydrogen-bond donors (Lipinski definition) is 1. The van der Waals surface area contributed by atoms with E-state index in [1.807, 2.05) is 6.07 Å². The molecule has 3 aromatic rings. The molecule has 0 radical (unpaired) electrons. The summed E-state index contributed by atoms with van der Waals surface area (Å²) < 4.78 is 13.9. The molecule has 1 heterocycles. The molecule has 4 rings (SSSR count). The molecule has 0 spiro atoms. The summed E-state index contributed by atoms with van der Waals surface area (Å²) in [5.74, 6) is -2.01. The fourth-order valence-electron chi connectivity index (χ4n) is 3.25. The average Bonchev–Trinajstić information content (AvgIpc) is 3.01. The van der Waals surface area contributed by atoms with Gasteiger partial charge in [0.05, 0.1) is 16.3 Å². The second-order valence-electron chi connectivity index (χ2n) is 6.68. The van der Waals surface area contributed by atoms with Gasteiger partial charge in [-0.25, -0.2) is 9.29 Å². The highest BCUT2D eigenvalue weighted by molar-refractivity contribution is 6.37. The fraction of sp³-hybridized carbons (Fsp3) is 0. The van der Waals surface area contributed by atoms with Crippen molar-refractivity contribution >= 4 is 52.5 Å². The van der Waals surface area contributed by atoms with Gasteiger partial charge in [0.15, 0.2) is 0 Å². The minimum atomic E-state index is -0.766. The Morgan fingerprint density at radius 1 is 0.871 bits per heavy atom. The normalized spacial score (nSPS) is 12.0. The number of carbonyl (C=O) groups is 2. The zero-order chi connectivity index (χ0) is 22.0. The van der Waals surface area contributed by atoms with Crippen LogP contribution in [0, 0.1) is 5.82 Å². The molecule has 0 bridgehead atoms. The van der Waals surface area contributed by atoms with Crippen molar-refractivity contribution in [1.82, 2.24) is 0 Å². The molecule has 0 aromatic heterocycles. The molecule has 0 saturated heterocycles. The van der Waals surface area contributed by atoms with E-state index in [4.69, 9.17) is 23.2 Å². The number of nitrogens with one attached hydrogen (secondary N) is 1. The zero-order valence-electron chi connectivity index (χ0n) is 16.0. The van der Waals surface area contributed by atoms with E-state index in [9.17, 15) is 14.0 Å². The number of nitrogens with zero attached hydrogens (tertiary/aromatic N) is 1. The van der Waals surface area contributed by atoms with Crippen molar-refractivity contribution in [2.75, 3.05) is 10.2 Å². The van der Waals surface area contributed by atoms with Crippen molar-refractivity contribution < 1.29 is 14.0 Å². The van der Waals surface area contributed by atoms with E-state index >= 15 is 0 Å². The van der Waals surface area contributed by atoms with E-state index in [-0.39, 0.29) is 21.8 Å². The molecule has 7 heteroatoms. The maximum atomic E-state index is 13.9. The minimum Gasteiger partial charge on any atom is -0.361 e. The highest BCUT2D eigenvalue weighted by Gasteiger charge is 2.29. The molecule has 3 aromatic carbocycles. The molecule has 0 aliphatic carbocycles. The van der Waals surface area contributed by atoms with Crippen LogP contribution in [0.5, 0.6) is 0 Å². The molecule has 0 atom stereocenters. The molecule has 31 heavy (non-hydrogen) atoms. The minimum absolute atomic E-state index is 0.0314. The Kier molecular flexibility index (Phi) is 5.89. The van der Waals surface area contributed by atoms with Gasteiger partial charge in [0.2, 0.25) is 0 Å². The standard InChI is InChI=1S/C24H15Cl2FN2O2/c25-15-5-3-6-17(13-15)29(24(31)20-14-16(27)10-11-21(20)26)23(30)19-8-4-9-22-18(19)7-1-2-12-28-22/h1-14,28H. The third-order valence-corrected chi connectivity index (χ3v) is 5.24. The topological polar surface area (TPSA) is 49.4 Å². The van der Waals surface area contributed by atoms with E-state index in [1.54, 1.807) is 54.8 Å². The molecule has 2 amide bonds. The van der Waals surface area contributed by atoms with E-state index < -0.39 is 17.6 Å². The predicted molar refractivity (Wildman–Crippen MR) is 122 cm³/mol. The third-order valence-electron chi connectivity index (χ3n) is 4.68. The van der Waals surface area contributed by atoms with Gasteiger partial charge in [0.25, 0.3) is 11.8 Å². The maximum absolute atomic E-state index is 13.9. The number of fused-ring (bicyclic) bond motifs is 1. The van der Waals surface area contributed by atoms with Crippen molar-refractivity contribution in [3.8, 4) is 0 Å². The molecule has 4 nitrogen and oxygen atoms in total. The van der Waals surface area contributed by atoms with Crippen LogP contribution in [0.3, 0.4) is 0 Å². The number of hydrogen-bond acceptors (Lipinski definition) is 3. The van der Waals surface area contributed by atoms with Crippen molar-refractivity contribution in [3.63, 3.8) is 0 Å². The van der Waals surface area contributed by atoms with E-state index in [0.29, 0.717) is 16.3 Å². The molecular formula is C24H15Cl2FN2O2. The monoisotopic (exact) mass is 452 g/mol. The van der Waals surface area contributed by atoms with Gasteiger partial charge < -0.3 is 5.32 Å². The highest BCUT2D eigenvalue weighted by Crippen LogP contribution is 2.30. The Hall–Kier alpha value is -3.41. The summed E-state index contributed by atoms with van der Waals surface area (Å²) in [4.78, 5) is 28.1. The smallest absolute Gasteiger partial charge is 0.266 e. The van der Waals surface area contributed by atoms with Crippen LogP contribution in [0.2, 0.25) is 10.0 Å². The molecule has 154 valence electrons. The molecule has 1 N–H and O–H groups in total. The lowest BCUT2D eigenvalue weighted by atomic mass is 10.0. The van der Waals surface area contributed by atoms with Gasteiger partial charge >= 0.3 is 0 Å². The first-order valence-electron chi connectivity index (χ1n) is 9.28. The summed E-state index contributed by atoms with van der Waals surface area (Å²) in [7, 11) is 0. The summed E-state index contributed by atoms with van der Waals surface area (Å²) in [6.45, 7) is 0. The number of benzene rings is 3. The second-order valence-corrected chi connectivity index (χ2v) is 7.52. The fourth-order valence-corrected chi connectivity index (χ4v) is 3.63. The third kappa shape index (κ3) is 4.24. The van der Waals surface area contributed by atoms with Crippen LogP contribution in [0.15, 0.2) is 79.0 Å². The molecule has 1 aliphatic rings. The van der Waals surface area contributed by atoms with Gasteiger partial charge in [-0.3, -0.25) is 9.59 Å². The summed E-state index contributed by atoms with van der Waals surface area (Å²) in [6.07, 6.45) is 7.09. The maximum Gasteiger partial charge on any atom is 0.266 e. The highest BCUT2D eigenvalue weighted by atomic mass is 35.5. The zero-order valence-corrected chi connectivity index (χ0v) is 17.5. The van der Waals surface area contributed by atoms with Gasteiger partial charge in [0.1, 0.15) is 5.82 Å². The number of rotatable bonds is 3. The van der Waals surface area contributed by atoms with Gasteiger partial charge in [-0.15, -0.1) is 0 Å². The summed E-state index contributed by atoms with van der Waals surface area (Å²) in [5, 5.41) is 3.47. The number of carbonyl (C=O) groups excluding carboxylic acids is 2. The number of allylic oxidation sites excluding steroid dienone is 2. The van der Waals surface area contributed by atoms with Crippen LogP contribution in [-0.2, 0) is 0 Å². The lowest BCUT2D eigenvalue weighted by Gasteiger charge is -2.23. The van der Waals surface area contributed by atoms with Gasteiger partial charge in [0, 0.05) is 28.0 Å². The predicted octanol–water partition coefficient (Wildman–Crippen LogP) is 6.57. The molecule has 0 unspecified atom stereocenters. The summed E-state index contributed by atoms with van der Waals surface area (Å²) in [5.41, 5.74) is 1.71. The molecule has 1 aliphatic heterocycles. The molecule has 0 saturated carbocycles. The Bertz CT molecular complexity index is 1250. The van der Waals surface area contributed by atoms with E-state index in [1.165, 1.54) is 12.1 Å². The molecular weight excluding hydrogens is 438 g/mol. The number of amides is 2. The summed E-state index contributed by atoms with van der Waals surface area (Å²) in [6, 6.07) is 14.9. The van der Waals surface area contributed by atoms with Crippen molar-refractivity contribution in [1.29, 1.82) is 0 Å². The van der Waals surface area contributed by atoms with Crippen LogP contribution in [-0.4, -0.2) is 11.8 Å². The van der Waals surface area contributed by atoms with Gasteiger partial charge in [-0.2, -0.15) is 0 Å². The number of imide groups is 1.